The molecule has 0 saturated heterocycles. The molecular weight excluding hydrogens is 370 g/mol. The third kappa shape index (κ3) is 4.20. The Balaban J connectivity index is 2.88. The molecule has 0 bridgehead atoms. The smallest absolute Gasteiger partial charge is 0.187 e. The van der Waals surface area contributed by atoms with Crippen LogP contribution < -0.4 is 5.19 Å². The lowest BCUT2D eigenvalue weighted by atomic mass is 9.92. The minimum atomic E-state index is -3.17. The van der Waals surface area contributed by atoms with Gasteiger partial charge in [-0.05, 0) is 29.0 Å². The van der Waals surface area contributed by atoms with Gasteiger partial charge in [0.25, 0.3) is 0 Å². The first-order valence-corrected chi connectivity index (χ1v) is 12.4. The monoisotopic (exact) mass is 416 g/mol. The van der Waals surface area contributed by atoms with Crippen LogP contribution in [-0.2, 0) is 0 Å². The first-order valence-electron chi connectivity index (χ1n) is 16.4. The fraction of sp³-hybridized carbons (Fsp3) is 0.360. The van der Waals surface area contributed by atoms with Crippen molar-refractivity contribution in [1.29, 1.82) is 0 Å². The Morgan fingerprint density at radius 1 is 1.17 bits per heavy atom. The van der Waals surface area contributed by atoms with Crippen molar-refractivity contribution in [1.82, 2.24) is 9.55 Å². The highest BCUT2D eigenvalue weighted by Gasteiger charge is 2.24. The lowest BCUT2D eigenvalue weighted by Gasteiger charge is -2.27. The summed E-state index contributed by atoms with van der Waals surface area (Å²) < 4.78 is 129. The van der Waals surface area contributed by atoms with Crippen LogP contribution in [0.3, 0.4) is 0 Å². The Morgan fingerprint density at radius 2 is 1.83 bits per heavy atom. The van der Waals surface area contributed by atoms with Crippen LogP contribution in [0.5, 0.6) is 0 Å². The number of hydrogen-bond donors (Lipinski definition) is 0. The fourth-order valence-corrected chi connectivity index (χ4v) is 3.79. The average Bonchev–Trinajstić information content (AvgIpc) is 3.12. The van der Waals surface area contributed by atoms with Crippen molar-refractivity contribution in [2.45, 2.75) is 59.0 Å². The first-order chi connectivity index (χ1) is 19.7. The lowest BCUT2D eigenvalue weighted by molar-refractivity contribution is 0.808. The molecule has 0 radical (unpaired) electrons. The zero-order valence-electron chi connectivity index (χ0n) is 31.9. The Labute approximate surface area is 197 Å². The van der Waals surface area contributed by atoms with Crippen LogP contribution in [0.1, 0.15) is 71.0 Å². The summed E-state index contributed by atoms with van der Waals surface area (Å²) in [7, 11) is -2.83. The van der Waals surface area contributed by atoms with Gasteiger partial charge in [0.15, 0.2) is 5.69 Å². The molecule has 2 aromatic carbocycles. The minimum Gasteiger partial charge on any atom is -0.299 e. The van der Waals surface area contributed by atoms with Crippen LogP contribution in [-0.4, -0.2) is 17.6 Å². The maximum atomic E-state index is 9.22. The second-order valence-electron chi connectivity index (χ2n) is 7.63. The fourth-order valence-electron chi connectivity index (χ4n) is 2.79. The summed E-state index contributed by atoms with van der Waals surface area (Å²) in [5, 5.41) is -0.0144. The van der Waals surface area contributed by atoms with Gasteiger partial charge in [0.2, 0.25) is 0 Å². The second-order valence-corrected chi connectivity index (χ2v) is 12.6. The van der Waals surface area contributed by atoms with Gasteiger partial charge in [-0.2, -0.15) is 0 Å². The number of rotatable bonds is 5. The van der Waals surface area contributed by atoms with Crippen LogP contribution in [0.15, 0.2) is 48.6 Å². The number of aromatic nitrogens is 2. The van der Waals surface area contributed by atoms with Gasteiger partial charge in [-0.15, -0.1) is 0 Å². The molecule has 0 amide bonds. The molecule has 0 saturated carbocycles. The summed E-state index contributed by atoms with van der Waals surface area (Å²) in [6.07, 6.45) is -1.58. The van der Waals surface area contributed by atoms with Crippen LogP contribution in [0, 0.1) is 6.57 Å². The van der Waals surface area contributed by atoms with Crippen molar-refractivity contribution in [2.75, 3.05) is 0 Å². The molecule has 3 nitrogen and oxygen atoms in total. The summed E-state index contributed by atoms with van der Waals surface area (Å²) in [5.41, 5.74) is -2.83. The van der Waals surface area contributed by atoms with E-state index in [0.29, 0.717) is 0 Å². The summed E-state index contributed by atoms with van der Waals surface area (Å²) in [4.78, 5) is 7.18. The molecule has 29 heavy (non-hydrogen) atoms. The second kappa shape index (κ2) is 8.00. The largest absolute Gasteiger partial charge is 0.299 e. The highest BCUT2D eigenvalue weighted by Crippen LogP contribution is 2.34. The van der Waals surface area contributed by atoms with E-state index in [1.54, 1.807) is 19.6 Å². The number of benzene rings is 2. The normalized spacial score (nSPS) is 24.2. The van der Waals surface area contributed by atoms with Crippen LogP contribution >= 0.6 is 0 Å². The Morgan fingerprint density at radius 3 is 2.38 bits per heavy atom. The minimum absolute atomic E-state index is 0.0144. The van der Waals surface area contributed by atoms with Gasteiger partial charge < -0.3 is 0 Å². The van der Waals surface area contributed by atoms with Crippen molar-refractivity contribution in [3.8, 4) is 17.1 Å². The molecule has 150 valence electrons. The quantitative estimate of drug-likeness (QED) is 0.328. The van der Waals surface area contributed by atoms with Crippen LogP contribution in [0.25, 0.3) is 21.9 Å². The van der Waals surface area contributed by atoms with Gasteiger partial charge in [-0.25, -0.2) is 9.83 Å². The molecule has 0 N–H and O–H groups in total. The summed E-state index contributed by atoms with van der Waals surface area (Å²) in [6.45, 7) is 8.24. The van der Waals surface area contributed by atoms with E-state index in [9.17, 15) is 2.74 Å². The standard InChI is InChI=1S/C25H31N3Si/c1-17(2)22-15-21(29(6,7)8)16-23(18(3)4)24(22)28-13-12-27-25(28)19-10-9-11-20(14-19)26-5/h9-18H,1-4,6-8H3/i1D3,3D3,9D,11D,12D,13D,14D,15D,16D,17D,18D. The van der Waals surface area contributed by atoms with E-state index < -0.39 is 104 Å². The molecule has 0 fully saturated rings. The SMILES string of the molecule is [2H]c1cc(-c2nc([2H])c([2H])n2-c2c(C([2H])(C)C([2H])([2H])[2H])c([2H])c([Si](C)(C)C)c([2H])c2C([2H])(C)C([2H])([2H])[2H])c([2H])c([N+]#[C-])c1[2H]. The summed E-state index contributed by atoms with van der Waals surface area (Å²) >= 11 is 0. The molecule has 0 spiro atoms. The number of imidazole rings is 1. The van der Waals surface area contributed by atoms with Gasteiger partial charge in [0.05, 0.1) is 27.2 Å². The van der Waals surface area contributed by atoms with Gasteiger partial charge in [0.1, 0.15) is 5.82 Å². The van der Waals surface area contributed by atoms with E-state index in [4.69, 9.17) is 24.4 Å². The highest BCUT2D eigenvalue weighted by atomic mass is 28.3. The Bertz CT molecular complexity index is 1650. The van der Waals surface area contributed by atoms with Crippen molar-refractivity contribution in [3.63, 3.8) is 0 Å². The molecule has 1 aromatic heterocycles. The summed E-state index contributed by atoms with van der Waals surface area (Å²) in [6, 6.07) is -1.88. The molecule has 0 aliphatic carbocycles. The zero-order chi connectivity index (χ0) is 34.3. The average molecular weight is 417 g/mol. The Hall–Kier alpha value is -2.64. The molecule has 2 atom stereocenters. The summed E-state index contributed by atoms with van der Waals surface area (Å²) in [5.74, 6) is -5.92. The predicted octanol–water partition coefficient (Wildman–Crippen LogP) is 6.88. The predicted molar refractivity (Wildman–Crippen MR) is 126 cm³/mol. The van der Waals surface area contributed by atoms with E-state index in [0.717, 1.165) is 24.5 Å². The van der Waals surface area contributed by atoms with Crippen molar-refractivity contribution >= 4 is 18.9 Å². The van der Waals surface area contributed by atoms with Crippen molar-refractivity contribution in [3.05, 3.63) is 71.2 Å². The van der Waals surface area contributed by atoms with Gasteiger partial charge >= 0.3 is 0 Å². The van der Waals surface area contributed by atoms with Crippen LogP contribution in [0.2, 0.25) is 19.6 Å². The van der Waals surface area contributed by atoms with Gasteiger partial charge in [0, 0.05) is 31.6 Å². The highest BCUT2D eigenvalue weighted by molar-refractivity contribution is 6.88. The van der Waals surface area contributed by atoms with E-state index >= 15 is 0 Å². The number of hydrogen-bond acceptors (Lipinski definition) is 1. The topological polar surface area (TPSA) is 22.2 Å². The van der Waals surface area contributed by atoms with Gasteiger partial charge in [-0.3, -0.25) is 4.57 Å². The van der Waals surface area contributed by atoms with Crippen molar-refractivity contribution < 1.29 is 20.6 Å². The molecule has 3 rings (SSSR count). The number of nitrogens with zero attached hydrogens (tertiary/aromatic N) is 3. The van der Waals surface area contributed by atoms with Gasteiger partial charge in [-0.1, -0.05) is 82.6 Å². The molecule has 2 unspecified atom stereocenters. The molecule has 4 heteroatoms. The van der Waals surface area contributed by atoms with E-state index in [2.05, 4.69) is 9.83 Å². The maximum Gasteiger partial charge on any atom is 0.187 e. The molecule has 0 aliphatic rings. The third-order valence-corrected chi connectivity index (χ3v) is 6.00. The van der Waals surface area contributed by atoms with Crippen molar-refractivity contribution in [2.24, 2.45) is 0 Å². The maximum absolute atomic E-state index is 9.22. The molecule has 3 aromatic rings. The van der Waals surface area contributed by atoms with Crippen LogP contribution in [0.4, 0.5) is 5.69 Å². The zero-order valence-corrected chi connectivity index (χ0v) is 17.9. The van der Waals surface area contributed by atoms with E-state index in [-0.39, 0.29) is 10.8 Å². The molecule has 1 heterocycles. The first kappa shape index (κ1) is 9.02. The molecular formula is C25H31N3Si. The van der Waals surface area contributed by atoms with E-state index in [1.807, 2.05) is 0 Å². The Kier molecular flexibility index (Phi) is 2.49. The van der Waals surface area contributed by atoms with E-state index in [1.165, 1.54) is 0 Å². The third-order valence-electron chi connectivity index (χ3n) is 4.25. The molecule has 0 aliphatic heterocycles. The lowest BCUT2D eigenvalue weighted by Crippen LogP contribution is -2.38.